The number of carbonyl (C=O) groups is 1. The first-order valence-corrected chi connectivity index (χ1v) is 7.94. The molecule has 0 spiro atoms. The van der Waals surface area contributed by atoms with Crippen LogP contribution in [0.15, 0.2) is 53.3 Å². The smallest absolute Gasteiger partial charge is 0.307 e. The number of para-hydroxylation sites is 1. The Bertz CT molecular complexity index is 935. The third-order valence-electron chi connectivity index (χ3n) is 3.26. The third kappa shape index (κ3) is 3.34. The molecule has 3 aromatic rings. The van der Waals surface area contributed by atoms with Crippen molar-refractivity contribution < 1.29 is 4.79 Å². The average Bonchev–Trinajstić information content (AvgIpc) is 2.54. The van der Waals surface area contributed by atoms with Gasteiger partial charge in [0.2, 0.25) is 0 Å². The fourth-order valence-corrected chi connectivity index (χ4v) is 2.53. The Morgan fingerprint density at radius 2 is 1.83 bits per heavy atom. The Morgan fingerprint density at radius 1 is 1.13 bits per heavy atom. The lowest BCUT2D eigenvalue weighted by Gasteiger charge is -2.12. The average molecular weight is 420 g/mol. The molecule has 0 unspecified atom stereocenters. The van der Waals surface area contributed by atoms with Crippen molar-refractivity contribution in [2.24, 2.45) is 0 Å². The minimum absolute atomic E-state index is 0.314. The molecule has 0 aliphatic carbocycles. The SMILES string of the molecule is Cc1nc2ccccc2c(=O)n1NC(=O)Nc1ccc(I)cc1. The molecule has 0 aliphatic heterocycles. The summed E-state index contributed by atoms with van der Waals surface area (Å²) in [5, 5.41) is 3.13. The molecule has 0 radical (unpaired) electrons. The molecule has 0 saturated heterocycles. The van der Waals surface area contributed by atoms with Gasteiger partial charge in [0, 0.05) is 9.26 Å². The molecule has 116 valence electrons. The van der Waals surface area contributed by atoms with Gasteiger partial charge in [0.05, 0.1) is 10.9 Å². The summed E-state index contributed by atoms with van der Waals surface area (Å²) in [7, 11) is 0. The first-order chi connectivity index (χ1) is 11.0. The number of rotatable bonds is 2. The Kier molecular flexibility index (Phi) is 4.28. The molecule has 2 aromatic carbocycles. The van der Waals surface area contributed by atoms with Crippen molar-refractivity contribution >= 4 is 45.2 Å². The lowest BCUT2D eigenvalue weighted by atomic mass is 10.2. The highest BCUT2D eigenvalue weighted by molar-refractivity contribution is 14.1. The summed E-state index contributed by atoms with van der Waals surface area (Å²) in [6.45, 7) is 1.67. The number of urea groups is 1. The molecule has 0 bridgehead atoms. The second-order valence-corrected chi connectivity index (χ2v) is 6.14. The van der Waals surface area contributed by atoms with E-state index in [0.717, 1.165) is 8.25 Å². The van der Waals surface area contributed by atoms with Gasteiger partial charge in [0.1, 0.15) is 5.82 Å². The van der Waals surface area contributed by atoms with Gasteiger partial charge in [0.25, 0.3) is 5.56 Å². The van der Waals surface area contributed by atoms with Crippen LogP contribution in [0.5, 0.6) is 0 Å². The second kappa shape index (κ2) is 6.37. The normalized spacial score (nSPS) is 10.5. The van der Waals surface area contributed by atoms with E-state index in [-0.39, 0.29) is 5.56 Å². The number of halogens is 1. The molecule has 0 saturated carbocycles. The number of nitrogens with one attached hydrogen (secondary N) is 2. The van der Waals surface area contributed by atoms with Crippen LogP contribution < -0.4 is 16.3 Å². The van der Waals surface area contributed by atoms with Crippen molar-refractivity contribution in [3.05, 3.63) is 68.3 Å². The van der Waals surface area contributed by atoms with E-state index in [2.05, 4.69) is 38.3 Å². The van der Waals surface area contributed by atoms with Gasteiger partial charge in [-0.1, -0.05) is 12.1 Å². The molecule has 2 amide bonds. The van der Waals surface area contributed by atoms with Gasteiger partial charge < -0.3 is 5.32 Å². The molecular weight excluding hydrogens is 407 g/mol. The summed E-state index contributed by atoms with van der Waals surface area (Å²) in [5.74, 6) is 0.409. The highest BCUT2D eigenvalue weighted by Crippen LogP contribution is 2.11. The van der Waals surface area contributed by atoms with E-state index in [1.165, 1.54) is 0 Å². The van der Waals surface area contributed by atoms with E-state index < -0.39 is 6.03 Å². The van der Waals surface area contributed by atoms with Gasteiger partial charge in [-0.2, -0.15) is 0 Å². The number of aryl methyl sites for hydroxylation is 1. The molecule has 23 heavy (non-hydrogen) atoms. The number of hydrogen-bond acceptors (Lipinski definition) is 3. The molecule has 0 aliphatic rings. The maximum atomic E-state index is 12.5. The van der Waals surface area contributed by atoms with Gasteiger partial charge in [0.15, 0.2) is 0 Å². The Balaban J connectivity index is 1.87. The predicted molar refractivity (Wildman–Crippen MR) is 98.3 cm³/mol. The van der Waals surface area contributed by atoms with Crippen LogP contribution in [0.3, 0.4) is 0 Å². The molecule has 1 heterocycles. The number of fused-ring (bicyclic) bond motifs is 1. The first kappa shape index (κ1) is 15.5. The highest BCUT2D eigenvalue weighted by atomic mass is 127. The summed E-state index contributed by atoms with van der Waals surface area (Å²) in [5.41, 5.74) is 3.45. The van der Waals surface area contributed by atoms with Gasteiger partial charge in [-0.3, -0.25) is 4.79 Å². The third-order valence-corrected chi connectivity index (χ3v) is 3.98. The molecule has 0 atom stereocenters. The zero-order valence-corrected chi connectivity index (χ0v) is 14.4. The second-order valence-electron chi connectivity index (χ2n) is 4.89. The molecule has 3 rings (SSSR count). The molecule has 1 aromatic heterocycles. The summed E-state index contributed by atoms with van der Waals surface area (Å²) in [6, 6.07) is 13.8. The van der Waals surface area contributed by atoms with Crippen LogP contribution in [0.25, 0.3) is 10.9 Å². The van der Waals surface area contributed by atoms with Crippen molar-refractivity contribution in [1.82, 2.24) is 9.66 Å². The highest BCUT2D eigenvalue weighted by Gasteiger charge is 2.10. The van der Waals surface area contributed by atoms with E-state index in [1.54, 1.807) is 37.3 Å². The summed E-state index contributed by atoms with van der Waals surface area (Å²) in [4.78, 5) is 28.9. The zero-order valence-electron chi connectivity index (χ0n) is 12.2. The van der Waals surface area contributed by atoms with Gasteiger partial charge in [-0.25, -0.2) is 19.9 Å². The van der Waals surface area contributed by atoms with Crippen molar-refractivity contribution in [2.75, 3.05) is 10.7 Å². The first-order valence-electron chi connectivity index (χ1n) is 6.86. The number of aromatic nitrogens is 2. The topological polar surface area (TPSA) is 76.0 Å². The van der Waals surface area contributed by atoms with Crippen molar-refractivity contribution in [3.63, 3.8) is 0 Å². The minimum Gasteiger partial charge on any atom is -0.307 e. The number of nitrogens with zero attached hydrogens (tertiary/aromatic N) is 2. The van der Waals surface area contributed by atoms with E-state index in [1.807, 2.05) is 18.2 Å². The Labute approximate surface area is 145 Å². The Morgan fingerprint density at radius 3 is 2.57 bits per heavy atom. The monoisotopic (exact) mass is 420 g/mol. The van der Waals surface area contributed by atoms with Crippen LogP contribution >= 0.6 is 22.6 Å². The van der Waals surface area contributed by atoms with Crippen LogP contribution in [0.4, 0.5) is 10.5 Å². The maximum Gasteiger partial charge on any atom is 0.338 e. The molecule has 2 N–H and O–H groups in total. The standard InChI is InChI=1S/C16H13IN4O2/c1-10-18-14-5-3-2-4-13(14)15(22)21(10)20-16(23)19-12-8-6-11(17)7-9-12/h2-9H,1H3,(H2,19,20,23). The maximum absolute atomic E-state index is 12.5. The predicted octanol–water partition coefficient (Wildman–Crippen LogP) is 3.09. The van der Waals surface area contributed by atoms with Crippen LogP contribution in [-0.4, -0.2) is 15.7 Å². The van der Waals surface area contributed by atoms with Crippen LogP contribution in [-0.2, 0) is 0 Å². The minimum atomic E-state index is -0.506. The lowest BCUT2D eigenvalue weighted by molar-refractivity contribution is 0.259. The summed E-state index contributed by atoms with van der Waals surface area (Å²) in [6.07, 6.45) is 0. The lowest BCUT2D eigenvalue weighted by Crippen LogP contribution is -2.37. The van der Waals surface area contributed by atoms with Crippen LogP contribution in [0.1, 0.15) is 5.82 Å². The fraction of sp³-hybridized carbons (Fsp3) is 0.0625. The number of amides is 2. The quantitative estimate of drug-likeness (QED) is 0.626. The van der Waals surface area contributed by atoms with Crippen molar-refractivity contribution in [3.8, 4) is 0 Å². The molecule has 6 nitrogen and oxygen atoms in total. The van der Waals surface area contributed by atoms with Crippen molar-refractivity contribution in [1.29, 1.82) is 0 Å². The van der Waals surface area contributed by atoms with Crippen LogP contribution in [0, 0.1) is 10.5 Å². The molecular formula is C16H13IN4O2. The Hall–Kier alpha value is -2.42. The van der Waals surface area contributed by atoms with Crippen molar-refractivity contribution in [2.45, 2.75) is 6.92 Å². The largest absolute Gasteiger partial charge is 0.338 e. The van der Waals surface area contributed by atoms with E-state index in [0.29, 0.717) is 22.4 Å². The number of carbonyl (C=O) groups excluding carboxylic acids is 1. The van der Waals surface area contributed by atoms with E-state index >= 15 is 0 Å². The van der Waals surface area contributed by atoms with E-state index in [9.17, 15) is 9.59 Å². The van der Waals surface area contributed by atoms with Gasteiger partial charge in [-0.15, -0.1) is 0 Å². The van der Waals surface area contributed by atoms with Crippen LogP contribution in [0.2, 0.25) is 0 Å². The summed E-state index contributed by atoms with van der Waals surface area (Å²) >= 11 is 2.18. The summed E-state index contributed by atoms with van der Waals surface area (Å²) < 4.78 is 2.21. The fourth-order valence-electron chi connectivity index (χ4n) is 2.17. The van der Waals surface area contributed by atoms with Gasteiger partial charge >= 0.3 is 6.03 Å². The molecule has 7 heteroatoms. The zero-order chi connectivity index (χ0) is 16.4. The number of hydrogen-bond donors (Lipinski definition) is 2. The number of anilines is 1. The van der Waals surface area contributed by atoms with Gasteiger partial charge in [-0.05, 0) is 65.9 Å². The number of benzene rings is 2. The van der Waals surface area contributed by atoms with E-state index in [4.69, 9.17) is 0 Å². The molecule has 0 fully saturated rings.